The summed E-state index contributed by atoms with van der Waals surface area (Å²) in [5.74, 6) is -2.60. The molecule has 2 N–H and O–H groups in total. The van der Waals surface area contributed by atoms with Gasteiger partial charge in [-0.25, -0.2) is 13.8 Å². The van der Waals surface area contributed by atoms with Gasteiger partial charge in [0.2, 0.25) is 0 Å². The summed E-state index contributed by atoms with van der Waals surface area (Å²) in [5, 5.41) is 6.72. The van der Waals surface area contributed by atoms with Crippen molar-refractivity contribution >= 4 is 27.2 Å². The van der Waals surface area contributed by atoms with E-state index in [4.69, 9.17) is 14.5 Å². The van der Waals surface area contributed by atoms with Gasteiger partial charge < -0.3 is 25.0 Å². The normalized spacial score (nSPS) is 21.9. The van der Waals surface area contributed by atoms with Gasteiger partial charge in [0, 0.05) is 43.7 Å². The maximum atomic E-state index is 14.6. The molecule has 2 aromatic heterocycles. The third-order valence-electron chi connectivity index (χ3n) is 6.50. The molecule has 3 aromatic rings. The number of pyridine rings is 1. The van der Waals surface area contributed by atoms with Crippen LogP contribution in [0.4, 0.5) is 14.5 Å². The Kier molecular flexibility index (Phi) is 6.11. The van der Waals surface area contributed by atoms with Crippen LogP contribution in [-0.2, 0) is 0 Å². The monoisotopic (exact) mass is 474 g/mol. The molecule has 9 heteroatoms. The van der Waals surface area contributed by atoms with Crippen LogP contribution in [0.2, 0.25) is 0 Å². The van der Waals surface area contributed by atoms with E-state index in [1.807, 2.05) is 43.4 Å². The highest BCUT2D eigenvalue weighted by atomic mass is 32.1. The number of methoxy groups -OCH3 is 1. The fourth-order valence-electron chi connectivity index (χ4n) is 4.77. The molecule has 1 aromatic carbocycles. The quantitative estimate of drug-likeness (QED) is 0.507. The Morgan fingerprint density at radius 3 is 2.79 bits per heavy atom. The molecule has 0 radical (unpaired) electrons. The summed E-state index contributed by atoms with van der Waals surface area (Å²) in [5.41, 5.74) is 3.52. The molecular weight excluding hydrogens is 446 g/mol. The van der Waals surface area contributed by atoms with Crippen molar-refractivity contribution in [3.05, 3.63) is 36.4 Å². The summed E-state index contributed by atoms with van der Waals surface area (Å²) in [6, 6.07) is 11.8. The second kappa shape index (κ2) is 9.04. The van der Waals surface area contributed by atoms with E-state index >= 15 is 0 Å². The van der Waals surface area contributed by atoms with Gasteiger partial charge in [0.1, 0.15) is 12.4 Å². The first-order valence-electron chi connectivity index (χ1n) is 11.2. The fraction of sp³-hybridized carbons (Fsp3) is 0.458. The van der Waals surface area contributed by atoms with E-state index in [1.165, 1.54) is 11.3 Å². The minimum Gasteiger partial charge on any atom is -0.492 e. The van der Waals surface area contributed by atoms with E-state index in [-0.39, 0.29) is 12.5 Å². The minimum atomic E-state index is -2.69. The Hall–Kier alpha value is -2.49. The molecule has 0 bridgehead atoms. The molecular formula is C24H28F2N4O2S. The van der Waals surface area contributed by atoms with Crippen LogP contribution in [0, 0.1) is 11.8 Å². The molecule has 2 aliphatic heterocycles. The first-order valence-corrected chi connectivity index (χ1v) is 12.0. The molecule has 6 nitrogen and oxygen atoms in total. The predicted molar refractivity (Wildman–Crippen MR) is 128 cm³/mol. The number of aromatic nitrogens is 1. The first-order chi connectivity index (χ1) is 16.0. The summed E-state index contributed by atoms with van der Waals surface area (Å²) in [7, 11) is 3.52. The van der Waals surface area contributed by atoms with E-state index in [9.17, 15) is 8.78 Å². The van der Waals surface area contributed by atoms with Gasteiger partial charge >= 0.3 is 0 Å². The van der Waals surface area contributed by atoms with Gasteiger partial charge in [-0.05, 0) is 43.3 Å². The molecule has 4 heterocycles. The predicted octanol–water partition coefficient (Wildman–Crippen LogP) is 3.86. The maximum Gasteiger partial charge on any atom is 0.265 e. The SMILES string of the molecule is CNCCOc1ccc(-c2cc(N3CC4CNCC(F)(F)C4C3)c3sc(OC)cc3n2)cc1. The molecule has 2 aliphatic rings. The van der Waals surface area contributed by atoms with Gasteiger partial charge in [0.15, 0.2) is 5.06 Å². The number of ether oxygens (including phenoxy) is 2. The molecule has 0 saturated carbocycles. The van der Waals surface area contributed by atoms with Gasteiger partial charge in [-0.15, -0.1) is 0 Å². The zero-order chi connectivity index (χ0) is 23.0. The lowest BCUT2D eigenvalue weighted by atomic mass is 9.87. The van der Waals surface area contributed by atoms with E-state index in [0.29, 0.717) is 26.2 Å². The third kappa shape index (κ3) is 4.37. The molecule has 2 atom stereocenters. The van der Waals surface area contributed by atoms with E-state index in [0.717, 1.165) is 44.5 Å². The zero-order valence-electron chi connectivity index (χ0n) is 18.7. The highest BCUT2D eigenvalue weighted by molar-refractivity contribution is 7.21. The Morgan fingerprint density at radius 1 is 1.24 bits per heavy atom. The average molecular weight is 475 g/mol. The number of nitrogens with one attached hydrogen (secondary N) is 2. The molecule has 0 aliphatic carbocycles. The van der Waals surface area contributed by atoms with Gasteiger partial charge in [-0.2, -0.15) is 0 Å². The van der Waals surface area contributed by atoms with E-state index < -0.39 is 11.8 Å². The number of anilines is 1. The van der Waals surface area contributed by atoms with Crippen molar-refractivity contribution in [3.8, 4) is 22.1 Å². The molecule has 2 saturated heterocycles. The molecule has 176 valence electrons. The number of rotatable bonds is 7. The second-order valence-corrected chi connectivity index (χ2v) is 9.67. The number of piperidine rings is 1. The molecule has 33 heavy (non-hydrogen) atoms. The largest absolute Gasteiger partial charge is 0.492 e. The van der Waals surface area contributed by atoms with Crippen molar-refractivity contribution in [1.82, 2.24) is 15.6 Å². The topological polar surface area (TPSA) is 58.7 Å². The van der Waals surface area contributed by atoms with Crippen LogP contribution < -0.4 is 25.0 Å². The minimum absolute atomic E-state index is 0.0729. The van der Waals surface area contributed by atoms with Crippen molar-refractivity contribution in [3.63, 3.8) is 0 Å². The maximum absolute atomic E-state index is 14.6. The first kappa shape index (κ1) is 22.3. The van der Waals surface area contributed by atoms with Gasteiger partial charge in [-0.3, -0.25) is 0 Å². The second-order valence-electron chi connectivity index (χ2n) is 8.65. The van der Waals surface area contributed by atoms with E-state index in [1.54, 1.807) is 7.11 Å². The number of likely N-dealkylation sites (N-methyl/N-ethyl adjacent to an activating group) is 1. The molecule has 0 spiro atoms. The molecule has 5 rings (SSSR count). The lowest BCUT2D eigenvalue weighted by Crippen LogP contribution is -2.50. The van der Waals surface area contributed by atoms with Gasteiger partial charge in [-0.1, -0.05) is 11.3 Å². The number of hydrogen-bond acceptors (Lipinski definition) is 7. The van der Waals surface area contributed by atoms with Gasteiger partial charge in [0.25, 0.3) is 5.92 Å². The van der Waals surface area contributed by atoms with Gasteiger partial charge in [0.05, 0.1) is 35.3 Å². The van der Waals surface area contributed by atoms with Crippen molar-refractivity contribution in [1.29, 1.82) is 0 Å². The van der Waals surface area contributed by atoms with E-state index in [2.05, 4.69) is 15.5 Å². The number of alkyl halides is 2. The van der Waals surface area contributed by atoms with Crippen molar-refractivity contribution in [2.45, 2.75) is 5.92 Å². The lowest BCUT2D eigenvalue weighted by molar-refractivity contribution is -0.0803. The number of nitrogens with zero attached hydrogens (tertiary/aromatic N) is 2. The Morgan fingerprint density at radius 2 is 2.06 bits per heavy atom. The summed E-state index contributed by atoms with van der Waals surface area (Å²) >= 11 is 1.51. The summed E-state index contributed by atoms with van der Waals surface area (Å²) in [6.45, 7) is 2.70. The summed E-state index contributed by atoms with van der Waals surface area (Å²) in [4.78, 5) is 6.97. The molecule has 2 unspecified atom stereocenters. The molecule has 2 fully saturated rings. The lowest BCUT2D eigenvalue weighted by Gasteiger charge is -2.32. The Bertz CT molecular complexity index is 1120. The van der Waals surface area contributed by atoms with Crippen LogP contribution in [0.3, 0.4) is 0 Å². The van der Waals surface area contributed by atoms with Crippen LogP contribution in [0.25, 0.3) is 21.5 Å². The van der Waals surface area contributed by atoms with Crippen molar-refractivity contribution in [2.75, 3.05) is 58.4 Å². The van der Waals surface area contributed by atoms with Crippen LogP contribution in [0.15, 0.2) is 36.4 Å². The highest BCUT2D eigenvalue weighted by Gasteiger charge is 2.51. The standard InChI is InChI=1S/C24H28F2N4O2S/c1-27-7-8-32-17-5-3-15(4-6-17)19-9-21(23-20(29-19)10-22(31-2)33-23)30-12-16-11-28-14-24(25,26)18(16)13-30/h3-6,9-10,16,18,27-28H,7-8,11-14H2,1-2H3. The average Bonchev–Trinajstić information content (AvgIpc) is 3.44. The number of hydrogen-bond donors (Lipinski definition) is 2. The van der Waals surface area contributed by atoms with Crippen LogP contribution in [0.1, 0.15) is 0 Å². The number of halogens is 2. The number of thiophene rings is 1. The molecule has 0 amide bonds. The summed E-state index contributed by atoms with van der Waals surface area (Å²) in [6.07, 6.45) is 0. The van der Waals surface area contributed by atoms with Crippen LogP contribution in [0.5, 0.6) is 10.8 Å². The summed E-state index contributed by atoms with van der Waals surface area (Å²) < 4.78 is 41.3. The zero-order valence-corrected chi connectivity index (χ0v) is 19.6. The number of benzene rings is 1. The third-order valence-corrected chi connectivity index (χ3v) is 7.61. The van der Waals surface area contributed by atoms with Crippen molar-refractivity contribution < 1.29 is 18.3 Å². The van der Waals surface area contributed by atoms with Crippen molar-refractivity contribution in [2.24, 2.45) is 11.8 Å². The Labute approximate surface area is 195 Å². The fourth-order valence-corrected chi connectivity index (χ4v) is 5.72. The van der Waals surface area contributed by atoms with Crippen LogP contribution >= 0.6 is 11.3 Å². The smallest absolute Gasteiger partial charge is 0.265 e. The Balaban J connectivity index is 1.49. The highest BCUT2D eigenvalue weighted by Crippen LogP contribution is 2.45. The van der Waals surface area contributed by atoms with Crippen LogP contribution in [-0.4, -0.2) is 64.4 Å². The number of fused-ring (bicyclic) bond motifs is 2.